The third-order valence-electron chi connectivity index (χ3n) is 5.66. The third-order valence-corrected chi connectivity index (χ3v) is 7.94. The van der Waals surface area contributed by atoms with Crippen LogP contribution in [0.5, 0.6) is 0 Å². The number of anilines is 1. The standard InChI is InChI=1S/C27H24Cl2N4O3S/c1-19-15-21(20(2)33(19)25-8-6-7-23(29)16-25)17-30-31-27(34)18-32(24-13-11-22(28)12-14-24)37(35,36)26-9-4-3-5-10-26/h3-17H,18H2,1-2H3,(H,31,34)/b30-17-. The Morgan fingerprint density at radius 3 is 2.32 bits per heavy atom. The van der Waals surface area contributed by atoms with Gasteiger partial charge in [-0.15, -0.1) is 0 Å². The maximum atomic E-state index is 13.4. The van der Waals surface area contributed by atoms with Crippen LogP contribution in [0, 0.1) is 13.8 Å². The van der Waals surface area contributed by atoms with Crippen LogP contribution < -0.4 is 9.73 Å². The molecule has 0 atom stereocenters. The van der Waals surface area contributed by atoms with E-state index in [-0.39, 0.29) is 4.90 Å². The predicted octanol–water partition coefficient (Wildman–Crippen LogP) is 5.75. The van der Waals surface area contributed by atoms with Crippen molar-refractivity contribution in [3.05, 3.63) is 112 Å². The maximum Gasteiger partial charge on any atom is 0.264 e. The fourth-order valence-electron chi connectivity index (χ4n) is 3.91. The summed E-state index contributed by atoms with van der Waals surface area (Å²) < 4.78 is 29.8. The summed E-state index contributed by atoms with van der Waals surface area (Å²) in [6.07, 6.45) is 1.53. The van der Waals surface area contributed by atoms with Gasteiger partial charge < -0.3 is 4.57 Å². The van der Waals surface area contributed by atoms with E-state index < -0.39 is 22.5 Å². The average Bonchev–Trinajstić information content (AvgIpc) is 3.16. The fourth-order valence-corrected chi connectivity index (χ4v) is 5.67. The molecule has 4 aromatic rings. The molecule has 0 aliphatic carbocycles. The van der Waals surface area contributed by atoms with Gasteiger partial charge in [-0.2, -0.15) is 5.10 Å². The van der Waals surface area contributed by atoms with E-state index in [1.807, 2.05) is 48.7 Å². The van der Waals surface area contributed by atoms with E-state index in [1.165, 1.54) is 18.3 Å². The van der Waals surface area contributed by atoms with E-state index in [1.54, 1.807) is 42.5 Å². The number of nitrogens with one attached hydrogen (secondary N) is 1. The fraction of sp³-hybridized carbons (Fsp3) is 0.111. The smallest absolute Gasteiger partial charge is 0.264 e. The zero-order chi connectivity index (χ0) is 26.6. The van der Waals surface area contributed by atoms with E-state index in [4.69, 9.17) is 23.2 Å². The van der Waals surface area contributed by atoms with Gasteiger partial charge in [-0.25, -0.2) is 13.8 Å². The van der Waals surface area contributed by atoms with Crippen molar-refractivity contribution in [2.24, 2.45) is 5.10 Å². The number of hydrazone groups is 1. The second-order valence-corrected chi connectivity index (χ2v) is 11.0. The molecule has 4 rings (SSSR count). The Morgan fingerprint density at radius 2 is 1.65 bits per heavy atom. The van der Waals surface area contributed by atoms with Gasteiger partial charge in [0.05, 0.1) is 16.8 Å². The first-order valence-electron chi connectivity index (χ1n) is 11.3. The largest absolute Gasteiger partial charge is 0.318 e. The van der Waals surface area contributed by atoms with Crippen molar-refractivity contribution in [3.63, 3.8) is 0 Å². The number of aromatic nitrogens is 1. The van der Waals surface area contributed by atoms with Crippen molar-refractivity contribution < 1.29 is 13.2 Å². The normalized spacial score (nSPS) is 11.6. The molecular formula is C27H24Cl2N4O3S. The number of rotatable bonds is 8. The van der Waals surface area contributed by atoms with Crippen LogP contribution in [0.15, 0.2) is 94.9 Å². The minimum Gasteiger partial charge on any atom is -0.318 e. The Labute approximate surface area is 226 Å². The van der Waals surface area contributed by atoms with Gasteiger partial charge in [-0.3, -0.25) is 9.10 Å². The highest BCUT2D eigenvalue weighted by molar-refractivity contribution is 7.92. The van der Waals surface area contributed by atoms with Crippen molar-refractivity contribution in [1.29, 1.82) is 0 Å². The van der Waals surface area contributed by atoms with E-state index in [9.17, 15) is 13.2 Å². The lowest BCUT2D eigenvalue weighted by Gasteiger charge is -2.23. The number of carbonyl (C=O) groups excluding carboxylic acids is 1. The molecule has 37 heavy (non-hydrogen) atoms. The number of hydrogen-bond acceptors (Lipinski definition) is 4. The molecule has 0 unspecified atom stereocenters. The maximum absolute atomic E-state index is 13.4. The van der Waals surface area contributed by atoms with Gasteiger partial charge in [0, 0.05) is 32.7 Å². The number of sulfonamides is 1. The number of halogens is 2. The van der Waals surface area contributed by atoms with Gasteiger partial charge in [0.25, 0.3) is 15.9 Å². The van der Waals surface area contributed by atoms with Gasteiger partial charge in [0.15, 0.2) is 0 Å². The monoisotopic (exact) mass is 554 g/mol. The van der Waals surface area contributed by atoms with Crippen molar-refractivity contribution in [1.82, 2.24) is 9.99 Å². The average molecular weight is 555 g/mol. The van der Waals surface area contributed by atoms with Gasteiger partial charge >= 0.3 is 0 Å². The van der Waals surface area contributed by atoms with Crippen LogP contribution in [-0.4, -0.2) is 31.7 Å². The van der Waals surface area contributed by atoms with Gasteiger partial charge in [0.2, 0.25) is 0 Å². The topological polar surface area (TPSA) is 83.8 Å². The molecule has 1 amide bonds. The summed E-state index contributed by atoms with van der Waals surface area (Å²) in [5.41, 5.74) is 6.33. The first kappa shape index (κ1) is 26.5. The summed E-state index contributed by atoms with van der Waals surface area (Å²) in [5, 5.41) is 5.15. The quantitative estimate of drug-likeness (QED) is 0.222. The lowest BCUT2D eigenvalue weighted by Crippen LogP contribution is -2.39. The molecule has 0 spiro atoms. The first-order valence-corrected chi connectivity index (χ1v) is 13.5. The summed E-state index contributed by atoms with van der Waals surface area (Å²) in [6.45, 7) is 3.42. The van der Waals surface area contributed by atoms with Gasteiger partial charge in [-0.05, 0) is 74.5 Å². The van der Waals surface area contributed by atoms with Crippen molar-refractivity contribution in [3.8, 4) is 5.69 Å². The molecule has 0 bridgehead atoms. The van der Waals surface area contributed by atoms with Crippen LogP contribution in [0.25, 0.3) is 5.69 Å². The van der Waals surface area contributed by atoms with E-state index in [0.29, 0.717) is 15.7 Å². The van der Waals surface area contributed by atoms with Crippen molar-refractivity contribution in [2.75, 3.05) is 10.8 Å². The molecule has 190 valence electrons. The molecule has 0 aliphatic heterocycles. The highest BCUT2D eigenvalue weighted by atomic mass is 35.5. The number of benzene rings is 3. The lowest BCUT2D eigenvalue weighted by atomic mass is 10.2. The van der Waals surface area contributed by atoms with Crippen LogP contribution in [-0.2, 0) is 14.8 Å². The molecule has 0 saturated heterocycles. The third kappa shape index (κ3) is 6.05. The molecule has 0 saturated carbocycles. The van der Waals surface area contributed by atoms with E-state index in [0.717, 1.165) is 26.9 Å². The Hall–Kier alpha value is -3.59. The molecular weight excluding hydrogens is 531 g/mol. The number of aryl methyl sites for hydroxylation is 1. The van der Waals surface area contributed by atoms with Crippen molar-refractivity contribution in [2.45, 2.75) is 18.7 Å². The Morgan fingerprint density at radius 1 is 0.946 bits per heavy atom. The zero-order valence-electron chi connectivity index (χ0n) is 20.1. The summed E-state index contributed by atoms with van der Waals surface area (Å²) in [5.74, 6) is -0.602. The number of hydrogen-bond donors (Lipinski definition) is 1. The molecule has 0 radical (unpaired) electrons. The molecule has 1 N–H and O–H groups in total. The van der Waals surface area contributed by atoms with E-state index >= 15 is 0 Å². The second-order valence-electron chi connectivity index (χ2n) is 8.24. The Bertz CT molecular complexity index is 1550. The molecule has 1 aromatic heterocycles. The van der Waals surface area contributed by atoms with Crippen molar-refractivity contribution >= 4 is 51.0 Å². The SMILES string of the molecule is Cc1cc(/C=N\NC(=O)CN(c2ccc(Cl)cc2)S(=O)(=O)c2ccccc2)c(C)n1-c1cccc(Cl)c1. The summed E-state index contributed by atoms with van der Waals surface area (Å²) in [6, 6.07) is 23.6. The molecule has 1 heterocycles. The number of carbonyl (C=O) groups is 1. The molecule has 10 heteroatoms. The first-order chi connectivity index (χ1) is 17.7. The highest BCUT2D eigenvalue weighted by Crippen LogP contribution is 2.25. The predicted molar refractivity (Wildman–Crippen MR) is 148 cm³/mol. The molecule has 0 fully saturated rings. The highest BCUT2D eigenvalue weighted by Gasteiger charge is 2.27. The summed E-state index contributed by atoms with van der Waals surface area (Å²) in [7, 11) is -4.02. The van der Waals surface area contributed by atoms with Crippen LogP contribution in [0.3, 0.4) is 0 Å². The molecule has 3 aromatic carbocycles. The second kappa shape index (κ2) is 11.2. The summed E-state index contributed by atoms with van der Waals surface area (Å²) in [4.78, 5) is 12.9. The Balaban J connectivity index is 1.54. The van der Waals surface area contributed by atoms with Crippen LogP contribution in [0.4, 0.5) is 5.69 Å². The summed E-state index contributed by atoms with van der Waals surface area (Å²) >= 11 is 12.1. The molecule has 7 nitrogen and oxygen atoms in total. The lowest BCUT2D eigenvalue weighted by molar-refractivity contribution is -0.119. The zero-order valence-corrected chi connectivity index (χ0v) is 22.4. The number of nitrogens with zero attached hydrogens (tertiary/aromatic N) is 3. The number of amides is 1. The van der Waals surface area contributed by atoms with Crippen LogP contribution in [0.2, 0.25) is 10.0 Å². The van der Waals surface area contributed by atoms with Crippen LogP contribution in [0.1, 0.15) is 17.0 Å². The van der Waals surface area contributed by atoms with Gasteiger partial charge in [0.1, 0.15) is 6.54 Å². The van der Waals surface area contributed by atoms with Gasteiger partial charge in [-0.1, -0.05) is 47.5 Å². The minimum atomic E-state index is -4.02. The van der Waals surface area contributed by atoms with Crippen LogP contribution >= 0.6 is 23.2 Å². The minimum absolute atomic E-state index is 0.0645. The Kier molecular flexibility index (Phi) is 8.02. The van der Waals surface area contributed by atoms with E-state index in [2.05, 4.69) is 10.5 Å². The molecule has 0 aliphatic rings.